The molecule has 0 N–H and O–H groups in total. The molecular weight excluding hydrogens is 589 g/mol. The third-order valence-electron chi connectivity index (χ3n) is 3.52. The van der Waals surface area contributed by atoms with Gasteiger partial charge in [-0.15, -0.1) is 22.7 Å². The van der Waals surface area contributed by atoms with Crippen molar-refractivity contribution in [3.63, 3.8) is 0 Å². The second-order valence-corrected chi connectivity index (χ2v) is 15.4. The molecule has 0 spiro atoms. The van der Waals surface area contributed by atoms with Crippen LogP contribution >= 0.6 is 22.7 Å². The van der Waals surface area contributed by atoms with Crippen LogP contribution in [0.5, 0.6) is 0 Å². The molecule has 45 heavy (non-hydrogen) atoms. The first-order chi connectivity index (χ1) is 21.1. The lowest BCUT2D eigenvalue weighted by Crippen LogP contribution is -1.81. The van der Waals surface area contributed by atoms with E-state index in [1.54, 1.807) is 35.1 Å². The number of thiazole rings is 1. The molecule has 0 saturated carbocycles. The Balaban J connectivity index is -0.000000500. The SMILES string of the molecule is CC(C)C.CC(C)C.CC(C)C.CC(C)CC#Cc1cccs1.CC(C)CC#Cc1ncco1.CC(C)CC#Cc1nccs1. The molecule has 0 aliphatic carbocycles. The van der Waals surface area contributed by atoms with E-state index in [4.69, 9.17) is 4.42 Å². The highest BCUT2D eigenvalue weighted by Gasteiger charge is 1.90. The molecule has 252 valence electrons. The first-order valence-corrected chi connectivity index (χ1v) is 18.1. The van der Waals surface area contributed by atoms with Crippen molar-refractivity contribution in [2.24, 2.45) is 35.5 Å². The fourth-order valence-electron chi connectivity index (χ4n) is 1.92. The third kappa shape index (κ3) is 48.3. The summed E-state index contributed by atoms with van der Waals surface area (Å²) >= 11 is 3.29. The van der Waals surface area contributed by atoms with Crippen LogP contribution in [0.1, 0.15) is 139 Å². The van der Waals surface area contributed by atoms with E-state index >= 15 is 0 Å². The maximum atomic E-state index is 4.93. The van der Waals surface area contributed by atoms with Crippen molar-refractivity contribution in [3.05, 3.63) is 57.3 Å². The summed E-state index contributed by atoms with van der Waals surface area (Å²) in [7, 11) is 0. The van der Waals surface area contributed by atoms with Crippen LogP contribution in [0.15, 0.2) is 46.0 Å². The second kappa shape index (κ2) is 32.6. The van der Waals surface area contributed by atoms with Gasteiger partial charge in [-0.3, -0.25) is 0 Å². The molecule has 3 aromatic heterocycles. The van der Waals surface area contributed by atoms with Crippen molar-refractivity contribution < 1.29 is 4.42 Å². The first kappa shape index (κ1) is 46.6. The largest absolute Gasteiger partial charge is 0.439 e. The summed E-state index contributed by atoms with van der Waals surface area (Å²) in [6.45, 7) is 32.5. The monoisotopic (exact) mass is 652 g/mol. The Labute approximate surface area is 287 Å². The van der Waals surface area contributed by atoms with Gasteiger partial charge >= 0.3 is 0 Å². The van der Waals surface area contributed by atoms with Gasteiger partial charge in [0.25, 0.3) is 5.89 Å². The minimum Gasteiger partial charge on any atom is -0.439 e. The van der Waals surface area contributed by atoms with Crippen LogP contribution in [-0.4, -0.2) is 9.97 Å². The summed E-state index contributed by atoms with van der Waals surface area (Å²) in [6.07, 6.45) is 7.75. The van der Waals surface area contributed by atoms with Gasteiger partial charge in [0.05, 0.1) is 11.1 Å². The van der Waals surface area contributed by atoms with Crippen LogP contribution in [0.3, 0.4) is 0 Å². The topological polar surface area (TPSA) is 38.9 Å². The first-order valence-electron chi connectivity index (χ1n) is 16.4. The van der Waals surface area contributed by atoms with E-state index in [0.29, 0.717) is 23.6 Å². The van der Waals surface area contributed by atoms with Gasteiger partial charge < -0.3 is 4.42 Å². The van der Waals surface area contributed by atoms with E-state index < -0.39 is 0 Å². The van der Waals surface area contributed by atoms with E-state index in [-0.39, 0.29) is 0 Å². The van der Waals surface area contributed by atoms with Gasteiger partial charge in [-0.25, -0.2) is 9.97 Å². The summed E-state index contributed by atoms with van der Waals surface area (Å²) in [5.41, 5.74) is 0. The van der Waals surface area contributed by atoms with E-state index in [2.05, 4.69) is 161 Å². The molecule has 3 rings (SSSR count). The van der Waals surface area contributed by atoms with E-state index in [9.17, 15) is 0 Å². The minimum atomic E-state index is 0.505. The highest BCUT2D eigenvalue weighted by atomic mass is 32.1. The minimum absolute atomic E-state index is 0.505. The van der Waals surface area contributed by atoms with Crippen LogP contribution in [0.25, 0.3) is 0 Å². The Morgan fingerprint density at radius 2 is 1.04 bits per heavy atom. The van der Waals surface area contributed by atoms with E-state index in [1.807, 2.05) is 11.4 Å². The fraction of sp³-hybridized carbons (Fsp3) is 0.600. The Bertz CT molecular complexity index is 1010. The van der Waals surface area contributed by atoms with Crippen molar-refractivity contribution in [2.45, 2.75) is 123 Å². The number of aromatic nitrogens is 2. The summed E-state index contributed by atoms with van der Waals surface area (Å²) in [5.74, 6) is 23.1. The molecule has 3 heterocycles. The van der Waals surface area contributed by atoms with Crippen LogP contribution in [0.4, 0.5) is 0 Å². The van der Waals surface area contributed by atoms with Crippen LogP contribution in [-0.2, 0) is 0 Å². The Hall–Kier alpha value is -2.78. The molecule has 0 amide bonds. The molecular formula is C40H64N2OS2. The average Bonchev–Trinajstić information content (AvgIpc) is 3.68. The Kier molecular flexibility index (Phi) is 33.8. The van der Waals surface area contributed by atoms with Gasteiger partial charge in [0.1, 0.15) is 6.26 Å². The molecule has 0 saturated heterocycles. The second-order valence-electron chi connectivity index (χ2n) is 13.5. The summed E-state index contributed by atoms with van der Waals surface area (Å²) < 4.78 is 4.93. The number of nitrogens with zero attached hydrogens (tertiary/aromatic N) is 2. The van der Waals surface area contributed by atoms with Crippen molar-refractivity contribution in [2.75, 3.05) is 0 Å². The predicted octanol–water partition coefficient (Wildman–Crippen LogP) is 12.7. The zero-order chi connectivity index (χ0) is 35.0. The highest BCUT2D eigenvalue weighted by Crippen LogP contribution is 2.06. The zero-order valence-corrected chi connectivity index (χ0v) is 32.9. The lowest BCUT2D eigenvalue weighted by Gasteiger charge is -1.91. The van der Waals surface area contributed by atoms with Crippen molar-refractivity contribution in [1.82, 2.24) is 9.97 Å². The summed E-state index contributed by atoms with van der Waals surface area (Å²) in [5, 5.41) is 4.92. The Morgan fingerprint density at radius 1 is 0.578 bits per heavy atom. The normalized spacial score (nSPS) is 9.27. The summed E-state index contributed by atoms with van der Waals surface area (Å²) in [6, 6.07) is 4.09. The van der Waals surface area contributed by atoms with Crippen molar-refractivity contribution in [1.29, 1.82) is 0 Å². The molecule has 0 radical (unpaired) electrons. The molecule has 0 unspecified atom stereocenters. The number of hydrogen-bond donors (Lipinski definition) is 0. The maximum absolute atomic E-state index is 4.93. The molecule has 0 aliphatic rings. The highest BCUT2D eigenvalue weighted by molar-refractivity contribution is 7.10. The third-order valence-corrected chi connectivity index (χ3v) is 4.99. The molecule has 0 bridgehead atoms. The molecule has 3 aromatic rings. The van der Waals surface area contributed by atoms with Crippen LogP contribution < -0.4 is 0 Å². The lowest BCUT2D eigenvalue weighted by molar-refractivity contribution is 0.543. The molecule has 0 aliphatic heterocycles. The van der Waals surface area contributed by atoms with Gasteiger partial charge in [0, 0.05) is 30.8 Å². The van der Waals surface area contributed by atoms with E-state index in [1.165, 1.54) is 11.1 Å². The zero-order valence-electron chi connectivity index (χ0n) is 31.2. The van der Waals surface area contributed by atoms with Crippen LogP contribution in [0, 0.1) is 71.0 Å². The molecule has 0 atom stereocenters. The average molecular weight is 653 g/mol. The fourth-order valence-corrected chi connectivity index (χ4v) is 3.02. The quantitative estimate of drug-likeness (QED) is 0.264. The molecule has 3 nitrogen and oxygen atoms in total. The van der Waals surface area contributed by atoms with Gasteiger partial charge in [0.15, 0.2) is 5.01 Å². The molecule has 0 aromatic carbocycles. The van der Waals surface area contributed by atoms with Gasteiger partial charge in [-0.05, 0) is 58.8 Å². The number of thiophene rings is 1. The van der Waals surface area contributed by atoms with Crippen LogP contribution in [0.2, 0.25) is 0 Å². The molecule has 0 fully saturated rings. The lowest BCUT2D eigenvalue weighted by atomic mass is 10.1. The Morgan fingerprint density at radius 3 is 1.40 bits per heavy atom. The van der Waals surface area contributed by atoms with Gasteiger partial charge in [0.2, 0.25) is 0 Å². The standard InChI is InChI=1S/C10H12S.C9H11NO.C9H11NS.3C4H10/c1-9(2)5-3-6-10-7-4-8-11-10;2*1-8(2)4-3-5-9-10-6-7-11-9;3*1-4(2)3/h4,7-9H,5H2,1-2H3;2*6-8H,4H2,1-2H3;3*4H,1-3H3. The number of oxazole rings is 1. The van der Waals surface area contributed by atoms with Crippen molar-refractivity contribution >= 4 is 22.7 Å². The smallest absolute Gasteiger partial charge is 0.273 e. The summed E-state index contributed by atoms with van der Waals surface area (Å²) in [4.78, 5) is 9.10. The number of hydrogen-bond acceptors (Lipinski definition) is 5. The number of rotatable bonds is 3. The van der Waals surface area contributed by atoms with Gasteiger partial charge in [-0.2, -0.15) is 0 Å². The molecule has 5 heteroatoms. The van der Waals surface area contributed by atoms with E-state index in [0.717, 1.165) is 42.0 Å². The predicted molar refractivity (Wildman–Crippen MR) is 203 cm³/mol. The van der Waals surface area contributed by atoms with Crippen molar-refractivity contribution in [3.8, 4) is 35.5 Å². The maximum Gasteiger partial charge on any atom is 0.273 e. The van der Waals surface area contributed by atoms with Gasteiger partial charge in [-0.1, -0.05) is 134 Å².